The van der Waals surface area contributed by atoms with Crippen molar-refractivity contribution in [3.05, 3.63) is 54.1 Å². The molecule has 2 aromatic carbocycles. The van der Waals surface area contributed by atoms with E-state index in [1.165, 1.54) is 12.8 Å². The molecule has 2 heterocycles. The normalized spacial score (nSPS) is 17.1. The van der Waals surface area contributed by atoms with Gasteiger partial charge in [0.15, 0.2) is 0 Å². The number of imidazole rings is 1. The summed E-state index contributed by atoms with van der Waals surface area (Å²) in [5.74, 6) is 0.883. The molecule has 1 aromatic heterocycles. The fraction of sp³-hybridized carbons (Fsp3) is 0.300. The van der Waals surface area contributed by atoms with Crippen LogP contribution in [0.25, 0.3) is 22.4 Å². The number of benzene rings is 2. The van der Waals surface area contributed by atoms with Crippen LogP contribution < -0.4 is 10.6 Å². The molecule has 5 heteroatoms. The Morgan fingerprint density at radius 1 is 1.24 bits per heavy atom. The first-order valence-electron chi connectivity index (χ1n) is 8.77. The van der Waals surface area contributed by atoms with E-state index in [0.717, 1.165) is 35.5 Å². The second-order valence-corrected chi connectivity index (χ2v) is 6.48. The Labute approximate surface area is 147 Å². The van der Waals surface area contributed by atoms with Crippen molar-refractivity contribution < 1.29 is 4.79 Å². The van der Waals surface area contributed by atoms with Crippen LogP contribution in [-0.2, 0) is 6.54 Å². The SMILES string of the molecule is CNC(=O)c1ccc(-c2nc3ccccc3n2C[C@H]2CCCN2)cc1. The van der Waals surface area contributed by atoms with Gasteiger partial charge in [0.05, 0.1) is 11.0 Å². The molecule has 0 bridgehead atoms. The van der Waals surface area contributed by atoms with Crippen molar-refractivity contribution in [3.63, 3.8) is 0 Å². The van der Waals surface area contributed by atoms with Gasteiger partial charge >= 0.3 is 0 Å². The predicted octanol–water partition coefficient (Wildman–Crippen LogP) is 2.81. The van der Waals surface area contributed by atoms with Crippen LogP contribution in [0.1, 0.15) is 23.2 Å². The number of amides is 1. The Morgan fingerprint density at radius 3 is 2.76 bits per heavy atom. The standard InChI is InChI=1S/C20H22N4O/c1-21-20(25)15-10-8-14(9-11-15)19-23-17-6-2-3-7-18(17)24(19)13-16-5-4-12-22-16/h2-3,6-11,16,22H,4-5,12-13H2,1H3,(H,21,25)/t16-/m1/s1. The third-order valence-corrected chi connectivity index (χ3v) is 4.85. The third-order valence-electron chi connectivity index (χ3n) is 4.85. The second kappa shape index (κ2) is 6.69. The fourth-order valence-electron chi connectivity index (χ4n) is 3.53. The Hall–Kier alpha value is -2.66. The van der Waals surface area contributed by atoms with Gasteiger partial charge in [-0.05, 0) is 43.7 Å². The highest BCUT2D eigenvalue weighted by molar-refractivity contribution is 5.94. The largest absolute Gasteiger partial charge is 0.355 e. The maximum absolute atomic E-state index is 11.8. The van der Waals surface area contributed by atoms with Crippen LogP contribution in [0.4, 0.5) is 0 Å². The number of nitrogens with one attached hydrogen (secondary N) is 2. The Morgan fingerprint density at radius 2 is 2.04 bits per heavy atom. The molecule has 25 heavy (non-hydrogen) atoms. The lowest BCUT2D eigenvalue weighted by atomic mass is 10.1. The first-order chi connectivity index (χ1) is 12.3. The molecule has 3 aromatic rings. The highest BCUT2D eigenvalue weighted by Crippen LogP contribution is 2.26. The molecule has 0 saturated carbocycles. The minimum absolute atomic E-state index is 0.0739. The molecule has 1 amide bonds. The minimum atomic E-state index is -0.0739. The average Bonchev–Trinajstić information content (AvgIpc) is 3.30. The first kappa shape index (κ1) is 15.8. The van der Waals surface area contributed by atoms with Gasteiger partial charge in [-0.1, -0.05) is 24.3 Å². The third kappa shape index (κ3) is 3.03. The van der Waals surface area contributed by atoms with Crippen LogP contribution >= 0.6 is 0 Å². The van der Waals surface area contributed by atoms with Crippen molar-refractivity contribution in [2.45, 2.75) is 25.4 Å². The van der Waals surface area contributed by atoms with Gasteiger partial charge in [-0.15, -0.1) is 0 Å². The van der Waals surface area contributed by atoms with Crippen molar-refractivity contribution in [2.24, 2.45) is 0 Å². The predicted molar refractivity (Wildman–Crippen MR) is 99.6 cm³/mol. The summed E-state index contributed by atoms with van der Waals surface area (Å²) in [6, 6.07) is 16.4. The summed E-state index contributed by atoms with van der Waals surface area (Å²) in [5.41, 5.74) is 3.85. The maximum Gasteiger partial charge on any atom is 0.251 e. The number of para-hydroxylation sites is 2. The van der Waals surface area contributed by atoms with E-state index < -0.39 is 0 Å². The lowest BCUT2D eigenvalue weighted by Crippen LogP contribution is -2.27. The van der Waals surface area contributed by atoms with E-state index in [-0.39, 0.29) is 5.91 Å². The van der Waals surface area contributed by atoms with Crippen molar-refractivity contribution in [3.8, 4) is 11.4 Å². The van der Waals surface area contributed by atoms with E-state index in [9.17, 15) is 4.79 Å². The van der Waals surface area contributed by atoms with Gasteiger partial charge in [0.25, 0.3) is 5.91 Å². The summed E-state index contributed by atoms with van der Waals surface area (Å²) in [4.78, 5) is 16.6. The second-order valence-electron chi connectivity index (χ2n) is 6.48. The van der Waals surface area contributed by atoms with E-state index in [4.69, 9.17) is 4.98 Å². The number of hydrogen-bond donors (Lipinski definition) is 2. The molecule has 1 aliphatic heterocycles. The number of carbonyl (C=O) groups is 1. The summed E-state index contributed by atoms with van der Waals surface area (Å²) in [6.45, 7) is 2.00. The van der Waals surface area contributed by atoms with E-state index in [0.29, 0.717) is 11.6 Å². The topological polar surface area (TPSA) is 59.0 Å². The summed E-state index contributed by atoms with van der Waals surface area (Å²) in [7, 11) is 1.64. The van der Waals surface area contributed by atoms with E-state index in [1.807, 2.05) is 30.3 Å². The average molecular weight is 334 g/mol. The van der Waals surface area contributed by atoms with Crippen LogP contribution in [0.5, 0.6) is 0 Å². The van der Waals surface area contributed by atoms with Gasteiger partial charge in [0, 0.05) is 30.8 Å². The van der Waals surface area contributed by atoms with Crippen LogP contribution in [0.15, 0.2) is 48.5 Å². The molecule has 0 aliphatic carbocycles. The Balaban J connectivity index is 1.76. The highest BCUT2D eigenvalue weighted by Gasteiger charge is 2.19. The Bertz CT molecular complexity index is 892. The molecule has 5 nitrogen and oxygen atoms in total. The number of carbonyl (C=O) groups excluding carboxylic acids is 1. The van der Waals surface area contributed by atoms with E-state index in [1.54, 1.807) is 7.05 Å². The number of nitrogens with zero attached hydrogens (tertiary/aromatic N) is 2. The van der Waals surface area contributed by atoms with Crippen molar-refractivity contribution in [2.75, 3.05) is 13.6 Å². The highest BCUT2D eigenvalue weighted by atomic mass is 16.1. The Kier molecular flexibility index (Phi) is 4.24. The number of aromatic nitrogens is 2. The molecule has 4 rings (SSSR count). The molecule has 1 aliphatic rings. The van der Waals surface area contributed by atoms with Gasteiger partial charge < -0.3 is 15.2 Å². The van der Waals surface area contributed by atoms with Gasteiger partial charge in [-0.3, -0.25) is 4.79 Å². The van der Waals surface area contributed by atoms with Crippen molar-refractivity contribution >= 4 is 16.9 Å². The number of hydrogen-bond acceptors (Lipinski definition) is 3. The molecular formula is C20H22N4O. The lowest BCUT2D eigenvalue weighted by Gasteiger charge is -2.15. The minimum Gasteiger partial charge on any atom is -0.355 e. The maximum atomic E-state index is 11.8. The molecule has 0 unspecified atom stereocenters. The first-order valence-corrected chi connectivity index (χ1v) is 8.77. The summed E-state index contributed by atoms with van der Waals surface area (Å²) >= 11 is 0. The van der Waals surface area contributed by atoms with E-state index >= 15 is 0 Å². The van der Waals surface area contributed by atoms with Crippen LogP contribution in [0.3, 0.4) is 0 Å². The zero-order valence-electron chi connectivity index (χ0n) is 14.3. The van der Waals surface area contributed by atoms with Crippen LogP contribution in [0, 0.1) is 0 Å². The monoisotopic (exact) mass is 334 g/mol. The van der Waals surface area contributed by atoms with Gasteiger partial charge in [-0.25, -0.2) is 4.98 Å². The fourth-order valence-corrected chi connectivity index (χ4v) is 3.53. The lowest BCUT2D eigenvalue weighted by molar-refractivity contribution is 0.0963. The zero-order valence-corrected chi connectivity index (χ0v) is 14.3. The molecule has 0 spiro atoms. The molecular weight excluding hydrogens is 312 g/mol. The summed E-state index contributed by atoms with van der Waals surface area (Å²) in [6.07, 6.45) is 2.43. The van der Waals surface area contributed by atoms with E-state index in [2.05, 4.69) is 33.4 Å². The quantitative estimate of drug-likeness (QED) is 0.771. The molecule has 128 valence electrons. The van der Waals surface area contributed by atoms with Crippen molar-refractivity contribution in [1.82, 2.24) is 20.2 Å². The van der Waals surface area contributed by atoms with Gasteiger partial charge in [0.2, 0.25) is 0 Å². The summed E-state index contributed by atoms with van der Waals surface area (Å²) < 4.78 is 2.30. The number of rotatable bonds is 4. The zero-order chi connectivity index (χ0) is 17.2. The molecule has 2 N–H and O–H groups in total. The van der Waals surface area contributed by atoms with Crippen LogP contribution in [-0.4, -0.2) is 35.1 Å². The molecule has 0 radical (unpaired) electrons. The molecule has 1 saturated heterocycles. The van der Waals surface area contributed by atoms with Gasteiger partial charge in [0.1, 0.15) is 5.82 Å². The number of fused-ring (bicyclic) bond motifs is 1. The molecule has 1 fully saturated rings. The van der Waals surface area contributed by atoms with Gasteiger partial charge in [-0.2, -0.15) is 0 Å². The molecule has 1 atom stereocenters. The van der Waals surface area contributed by atoms with Crippen molar-refractivity contribution in [1.29, 1.82) is 0 Å². The smallest absolute Gasteiger partial charge is 0.251 e. The van der Waals surface area contributed by atoms with Crippen LogP contribution in [0.2, 0.25) is 0 Å². The summed E-state index contributed by atoms with van der Waals surface area (Å²) in [5, 5.41) is 6.22.